The number of aryl methyl sites for hydroxylation is 3. The quantitative estimate of drug-likeness (QED) is 0.881. The molecular formula is C21H26N2O2. The van der Waals surface area contributed by atoms with E-state index in [0.717, 1.165) is 12.8 Å². The first kappa shape index (κ1) is 17.6. The van der Waals surface area contributed by atoms with Crippen LogP contribution in [0.1, 0.15) is 28.7 Å². The summed E-state index contributed by atoms with van der Waals surface area (Å²) in [5.41, 5.74) is 4.96. The highest BCUT2D eigenvalue weighted by atomic mass is 16.5. The van der Waals surface area contributed by atoms with Crippen molar-refractivity contribution in [1.82, 2.24) is 10.3 Å². The van der Waals surface area contributed by atoms with Gasteiger partial charge in [0.1, 0.15) is 0 Å². The van der Waals surface area contributed by atoms with Crippen molar-refractivity contribution >= 4 is 5.91 Å². The number of aromatic nitrogens is 1. The molecule has 0 spiro atoms. The molecule has 1 aromatic heterocycles. The molecule has 0 aliphatic carbocycles. The Morgan fingerprint density at radius 1 is 1.12 bits per heavy atom. The molecule has 0 unspecified atom stereocenters. The molecule has 4 heteroatoms. The van der Waals surface area contributed by atoms with Crippen LogP contribution in [0.2, 0.25) is 0 Å². The largest absolute Gasteiger partial charge is 0.379 e. The number of hydrogen-bond acceptors (Lipinski definition) is 3. The van der Waals surface area contributed by atoms with E-state index < -0.39 is 0 Å². The number of rotatable bonds is 6. The molecule has 4 nitrogen and oxygen atoms in total. The Bertz CT molecular complexity index is 695. The van der Waals surface area contributed by atoms with Crippen LogP contribution in [-0.4, -0.2) is 30.1 Å². The lowest BCUT2D eigenvalue weighted by Crippen LogP contribution is -2.40. The molecule has 1 aromatic carbocycles. The van der Waals surface area contributed by atoms with E-state index in [9.17, 15) is 4.79 Å². The number of nitrogens with one attached hydrogen (secondary N) is 1. The number of amides is 1. The number of pyridine rings is 1. The number of carbonyl (C=O) groups is 1. The van der Waals surface area contributed by atoms with Crippen molar-refractivity contribution in [1.29, 1.82) is 0 Å². The van der Waals surface area contributed by atoms with Crippen molar-refractivity contribution in [2.24, 2.45) is 5.92 Å². The summed E-state index contributed by atoms with van der Waals surface area (Å²) in [6.07, 6.45) is 5.81. The fourth-order valence-electron chi connectivity index (χ4n) is 3.53. The molecule has 0 saturated carbocycles. The first-order valence-corrected chi connectivity index (χ1v) is 8.93. The molecule has 1 N–H and O–H groups in total. The molecule has 1 amide bonds. The predicted octanol–water partition coefficient (Wildman–Crippen LogP) is 3.00. The Morgan fingerprint density at radius 2 is 1.84 bits per heavy atom. The molecule has 2 heterocycles. The molecule has 2 atom stereocenters. The molecular weight excluding hydrogens is 312 g/mol. The van der Waals surface area contributed by atoms with Gasteiger partial charge in [-0.2, -0.15) is 0 Å². The zero-order valence-corrected chi connectivity index (χ0v) is 15.0. The maximum absolute atomic E-state index is 12.4. The van der Waals surface area contributed by atoms with Gasteiger partial charge in [0.25, 0.3) is 0 Å². The average molecular weight is 338 g/mol. The van der Waals surface area contributed by atoms with Crippen LogP contribution in [0.4, 0.5) is 0 Å². The Hall–Kier alpha value is -2.20. The molecule has 25 heavy (non-hydrogen) atoms. The molecule has 1 aliphatic rings. The number of carbonyl (C=O) groups excluding carboxylic acids is 1. The molecule has 1 fully saturated rings. The van der Waals surface area contributed by atoms with Gasteiger partial charge in [0.05, 0.1) is 19.3 Å². The minimum absolute atomic E-state index is 0.0971. The van der Waals surface area contributed by atoms with Crippen molar-refractivity contribution in [3.8, 4) is 0 Å². The first-order valence-electron chi connectivity index (χ1n) is 8.93. The van der Waals surface area contributed by atoms with Gasteiger partial charge in [0.2, 0.25) is 5.91 Å². The number of nitrogens with zero attached hydrogens (tertiary/aromatic N) is 1. The molecule has 1 saturated heterocycles. The van der Waals surface area contributed by atoms with E-state index in [2.05, 4.69) is 42.3 Å². The smallest absolute Gasteiger partial charge is 0.220 e. The van der Waals surface area contributed by atoms with E-state index in [0.29, 0.717) is 25.6 Å². The second-order valence-corrected chi connectivity index (χ2v) is 7.03. The third kappa shape index (κ3) is 5.13. The molecule has 1 aliphatic heterocycles. The SMILES string of the molecule is Cc1cc(C)cc(CCC(=O)N[C@H]2COC[C@H]2Cc2ccncc2)c1. The van der Waals surface area contributed by atoms with Gasteiger partial charge in [-0.1, -0.05) is 29.3 Å². The summed E-state index contributed by atoms with van der Waals surface area (Å²) < 4.78 is 5.61. The Balaban J connectivity index is 1.51. The summed E-state index contributed by atoms with van der Waals surface area (Å²) >= 11 is 0. The van der Waals surface area contributed by atoms with Crippen molar-refractivity contribution in [3.63, 3.8) is 0 Å². The summed E-state index contributed by atoms with van der Waals surface area (Å²) in [5, 5.41) is 3.17. The molecule has 0 radical (unpaired) electrons. The van der Waals surface area contributed by atoms with E-state index in [4.69, 9.17) is 4.74 Å². The van der Waals surface area contributed by atoms with Crippen molar-refractivity contribution in [3.05, 3.63) is 65.0 Å². The Kier molecular flexibility index (Phi) is 5.82. The predicted molar refractivity (Wildman–Crippen MR) is 98.4 cm³/mol. The minimum Gasteiger partial charge on any atom is -0.379 e. The zero-order chi connectivity index (χ0) is 17.6. The van der Waals surface area contributed by atoms with E-state index in [1.54, 1.807) is 0 Å². The lowest BCUT2D eigenvalue weighted by molar-refractivity contribution is -0.122. The van der Waals surface area contributed by atoms with Crippen LogP contribution in [0.25, 0.3) is 0 Å². The van der Waals surface area contributed by atoms with E-state index in [1.807, 2.05) is 24.5 Å². The lowest BCUT2D eigenvalue weighted by atomic mass is 9.95. The molecule has 3 rings (SSSR count). The summed E-state index contributed by atoms with van der Waals surface area (Å²) in [6, 6.07) is 10.6. The van der Waals surface area contributed by atoms with Crippen LogP contribution < -0.4 is 5.32 Å². The average Bonchev–Trinajstić information content (AvgIpc) is 3.00. The van der Waals surface area contributed by atoms with Gasteiger partial charge >= 0.3 is 0 Å². The summed E-state index contributed by atoms with van der Waals surface area (Å²) in [5.74, 6) is 0.432. The van der Waals surface area contributed by atoms with Crippen LogP contribution in [-0.2, 0) is 22.4 Å². The number of hydrogen-bond donors (Lipinski definition) is 1. The van der Waals surface area contributed by atoms with Crippen LogP contribution in [0.5, 0.6) is 0 Å². The summed E-state index contributed by atoms with van der Waals surface area (Å²) in [7, 11) is 0. The van der Waals surface area contributed by atoms with E-state index >= 15 is 0 Å². The third-order valence-electron chi connectivity index (χ3n) is 4.71. The fourth-order valence-corrected chi connectivity index (χ4v) is 3.53. The highest BCUT2D eigenvalue weighted by Gasteiger charge is 2.29. The standard InChI is InChI=1S/C21H26N2O2/c1-15-9-16(2)11-18(10-15)3-4-21(24)23-20-14-25-13-19(20)12-17-5-7-22-8-6-17/h5-11,19-20H,3-4,12-14H2,1-2H3,(H,23,24)/t19-,20+/m1/s1. The van der Waals surface area contributed by atoms with Gasteiger partial charge in [-0.25, -0.2) is 0 Å². The van der Waals surface area contributed by atoms with Crippen LogP contribution in [0, 0.1) is 19.8 Å². The normalized spacial score (nSPS) is 19.8. The lowest BCUT2D eigenvalue weighted by Gasteiger charge is -2.19. The highest BCUT2D eigenvalue weighted by Crippen LogP contribution is 2.19. The third-order valence-corrected chi connectivity index (χ3v) is 4.71. The fraction of sp³-hybridized carbons (Fsp3) is 0.429. The van der Waals surface area contributed by atoms with Gasteiger partial charge in [-0.3, -0.25) is 9.78 Å². The number of benzene rings is 1. The van der Waals surface area contributed by atoms with E-state index in [1.165, 1.54) is 22.3 Å². The zero-order valence-electron chi connectivity index (χ0n) is 15.0. The van der Waals surface area contributed by atoms with Crippen molar-refractivity contribution in [2.75, 3.05) is 13.2 Å². The molecule has 2 aromatic rings. The first-order chi connectivity index (χ1) is 12.1. The summed E-state index contributed by atoms with van der Waals surface area (Å²) in [4.78, 5) is 16.4. The van der Waals surface area contributed by atoms with Crippen molar-refractivity contribution < 1.29 is 9.53 Å². The number of ether oxygens (including phenoxy) is 1. The molecule has 132 valence electrons. The molecule has 0 bridgehead atoms. The van der Waals surface area contributed by atoms with Crippen molar-refractivity contribution in [2.45, 2.75) is 39.2 Å². The highest BCUT2D eigenvalue weighted by molar-refractivity contribution is 5.76. The summed E-state index contributed by atoms with van der Waals surface area (Å²) in [6.45, 7) is 5.49. The Labute approximate surface area is 149 Å². The van der Waals surface area contributed by atoms with Gasteiger partial charge in [-0.05, 0) is 49.9 Å². The van der Waals surface area contributed by atoms with Gasteiger partial charge in [-0.15, -0.1) is 0 Å². The van der Waals surface area contributed by atoms with Gasteiger partial charge in [0, 0.05) is 24.7 Å². The van der Waals surface area contributed by atoms with E-state index in [-0.39, 0.29) is 11.9 Å². The van der Waals surface area contributed by atoms with Gasteiger partial charge in [0.15, 0.2) is 0 Å². The second-order valence-electron chi connectivity index (χ2n) is 7.03. The maximum Gasteiger partial charge on any atom is 0.220 e. The second kappa shape index (κ2) is 8.26. The van der Waals surface area contributed by atoms with Crippen LogP contribution in [0.3, 0.4) is 0 Å². The Morgan fingerprint density at radius 3 is 2.56 bits per heavy atom. The topological polar surface area (TPSA) is 51.2 Å². The maximum atomic E-state index is 12.4. The minimum atomic E-state index is 0.0971. The van der Waals surface area contributed by atoms with Crippen LogP contribution >= 0.6 is 0 Å². The van der Waals surface area contributed by atoms with Gasteiger partial charge < -0.3 is 10.1 Å². The van der Waals surface area contributed by atoms with Crippen LogP contribution in [0.15, 0.2) is 42.7 Å². The monoisotopic (exact) mass is 338 g/mol.